The molecule has 0 aromatic rings. The predicted molar refractivity (Wildman–Crippen MR) is 73.5 cm³/mol. The Labute approximate surface area is 114 Å². The van der Waals surface area contributed by atoms with Gasteiger partial charge in [-0.25, -0.2) is 0 Å². The van der Waals surface area contributed by atoms with E-state index in [1.165, 1.54) is 7.11 Å². The van der Waals surface area contributed by atoms with Gasteiger partial charge < -0.3 is 4.74 Å². The van der Waals surface area contributed by atoms with Gasteiger partial charge in [-0.1, -0.05) is 25.2 Å². The highest BCUT2D eigenvalue weighted by Crippen LogP contribution is 2.55. The van der Waals surface area contributed by atoms with Gasteiger partial charge >= 0.3 is 5.97 Å². The third-order valence-corrected chi connectivity index (χ3v) is 4.76. The smallest absolute Gasteiger partial charge is 0.308 e. The molecule has 0 spiro atoms. The number of methoxy groups -OCH3 is 1. The molecule has 3 heteroatoms. The molecule has 0 amide bonds. The van der Waals surface area contributed by atoms with E-state index in [1.54, 1.807) is 6.92 Å². The Balaban J connectivity index is 2.28. The summed E-state index contributed by atoms with van der Waals surface area (Å²) < 4.78 is 4.88. The second-order valence-electron chi connectivity index (χ2n) is 6.19. The Hall–Kier alpha value is -1.38. The fourth-order valence-electron chi connectivity index (χ4n) is 3.73. The summed E-state index contributed by atoms with van der Waals surface area (Å²) in [6.07, 6.45) is 5.11. The van der Waals surface area contributed by atoms with E-state index < -0.39 is 0 Å². The average Bonchev–Trinajstić information content (AvgIpc) is 2.65. The summed E-state index contributed by atoms with van der Waals surface area (Å²) in [5.41, 5.74) is 1.99. The quantitative estimate of drug-likeness (QED) is 0.567. The highest BCUT2D eigenvalue weighted by molar-refractivity contribution is 5.93. The molecule has 1 unspecified atom stereocenters. The lowest BCUT2D eigenvalue weighted by molar-refractivity contribution is -0.145. The van der Waals surface area contributed by atoms with Crippen molar-refractivity contribution in [3.63, 3.8) is 0 Å². The minimum absolute atomic E-state index is 0.0378. The van der Waals surface area contributed by atoms with E-state index in [2.05, 4.69) is 13.5 Å². The van der Waals surface area contributed by atoms with Gasteiger partial charge in [0.1, 0.15) is 0 Å². The molecule has 0 heterocycles. The van der Waals surface area contributed by atoms with Gasteiger partial charge in [0.05, 0.1) is 13.0 Å². The molecule has 2 aliphatic rings. The van der Waals surface area contributed by atoms with Crippen molar-refractivity contribution in [2.75, 3.05) is 7.11 Å². The Morgan fingerprint density at radius 3 is 2.74 bits per heavy atom. The molecule has 3 nitrogen and oxygen atoms in total. The number of carbonyl (C=O) groups is 2. The molecule has 3 atom stereocenters. The molecule has 2 rings (SSSR count). The van der Waals surface area contributed by atoms with E-state index in [0.29, 0.717) is 5.92 Å². The molecular weight excluding hydrogens is 240 g/mol. The molecule has 0 aliphatic heterocycles. The molecule has 2 aliphatic carbocycles. The maximum Gasteiger partial charge on any atom is 0.308 e. The molecule has 104 valence electrons. The lowest BCUT2D eigenvalue weighted by Crippen LogP contribution is -2.23. The fourth-order valence-corrected chi connectivity index (χ4v) is 3.73. The van der Waals surface area contributed by atoms with Crippen LogP contribution in [-0.4, -0.2) is 18.9 Å². The van der Waals surface area contributed by atoms with Crippen molar-refractivity contribution in [1.29, 1.82) is 0 Å². The van der Waals surface area contributed by atoms with Crippen LogP contribution in [0.2, 0.25) is 0 Å². The van der Waals surface area contributed by atoms with Crippen molar-refractivity contribution >= 4 is 11.8 Å². The Morgan fingerprint density at radius 1 is 1.47 bits per heavy atom. The van der Waals surface area contributed by atoms with Crippen molar-refractivity contribution in [2.24, 2.45) is 17.3 Å². The van der Waals surface area contributed by atoms with Crippen LogP contribution in [0.3, 0.4) is 0 Å². The second kappa shape index (κ2) is 4.95. The van der Waals surface area contributed by atoms with Gasteiger partial charge in [-0.15, -0.1) is 0 Å². The molecule has 0 aromatic carbocycles. The average molecular weight is 262 g/mol. The topological polar surface area (TPSA) is 43.4 Å². The van der Waals surface area contributed by atoms with Gasteiger partial charge in [-0.05, 0) is 49.5 Å². The molecule has 0 saturated heterocycles. The summed E-state index contributed by atoms with van der Waals surface area (Å²) in [6.45, 7) is 7.96. The SMILES string of the molecule is C=C1CC=C(C(C)=O)C[C@]2(C)CC(C(=O)OC)C[C@H]12. The summed E-state index contributed by atoms with van der Waals surface area (Å²) in [6, 6.07) is 0. The van der Waals surface area contributed by atoms with E-state index in [4.69, 9.17) is 4.74 Å². The molecule has 19 heavy (non-hydrogen) atoms. The number of hydrogen-bond acceptors (Lipinski definition) is 3. The number of hydrogen-bond donors (Lipinski definition) is 0. The first-order valence-corrected chi connectivity index (χ1v) is 6.83. The summed E-state index contributed by atoms with van der Waals surface area (Å²) in [4.78, 5) is 23.4. The molecular formula is C16H22O3. The number of rotatable bonds is 2. The fraction of sp³-hybridized carbons (Fsp3) is 0.625. The van der Waals surface area contributed by atoms with E-state index in [1.807, 2.05) is 6.08 Å². The zero-order valence-corrected chi connectivity index (χ0v) is 12.0. The zero-order valence-electron chi connectivity index (χ0n) is 12.0. The number of ketones is 1. The van der Waals surface area contributed by atoms with Crippen LogP contribution in [0.4, 0.5) is 0 Å². The van der Waals surface area contributed by atoms with Gasteiger partial charge in [0, 0.05) is 0 Å². The second-order valence-corrected chi connectivity index (χ2v) is 6.19. The number of carbonyl (C=O) groups excluding carboxylic acids is 2. The van der Waals surface area contributed by atoms with Crippen molar-refractivity contribution in [3.8, 4) is 0 Å². The van der Waals surface area contributed by atoms with Gasteiger partial charge in [0.25, 0.3) is 0 Å². The minimum Gasteiger partial charge on any atom is -0.469 e. The van der Waals surface area contributed by atoms with E-state index >= 15 is 0 Å². The first-order chi connectivity index (χ1) is 8.87. The maximum absolute atomic E-state index is 11.8. The molecule has 0 bridgehead atoms. The van der Waals surface area contributed by atoms with Gasteiger partial charge in [-0.2, -0.15) is 0 Å². The Bertz CT molecular complexity index is 461. The molecule has 0 radical (unpaired) electrons. The third kappa shape index (κ3) is 2.51. The van der Waals surface area contributed by atoms with Crippen LogP contribution in [0.25, 0.3) is 0 Å². The minimum atomic E-state index is -0.129. The normalized spacial score (nSPS) is 34.3. The monoisotopic (exact) mass is 262 g/mol. The largest absolute Gasteiger partial charge is 0.469 e. The van der Waals surface area contributed by atoms with Crippen LogP contribution in [0.15, 0.2) is 23.8 Å². The predicted octanol–water partition coefficient (Wildman–Crippen LogP) is 3.06. The lowest BCUT2D eigenvalue weighted by atomic mass is 9.73. The van der Waals surface area contributed by atoms with Crippen LogP contribution in [-0.2, 0) is 14.3 Å². The van der Waals surface area contributed by atoms with Crippen molar-refractivity contribution < 1.29 is 14.3 Å². The Kier molecular flexibility index (Phi) is 3.66. The van der Waals surface area contributed by atoms with Gasteiger partial charge in [-0.3, -0.25) is 9.59 Å². The van der Waals surface area contributed by atoms with Gasteiger partial charge in [0.15, 0.2) is 5.78 Å². The standard InChI is InChI=1S/C16H22O3/c1-10-5-6-12(11(2)17)8-16(3)9-13(7-14(10)16)15(18)19-4/h6,13-14H,1,5,7-9H2,2-4H3/t13?,14-,16-/m1/s1. The maximum atomic E-state index is 11.8. The van der Waals surface area contributed by atoms with Crippen LogP contribution in [0.5, 0.6) is 0 Å². The summed E-state index contributed by atoms with van der Waals surface area (Å²) in [5.74, 6) is 0.263. The van der Waals surface area contributed by atoms with Gasteiger partial charge in [0.2, 0.25) is 0 Å². The van der Waals surface area contributed by atoms with Crippen molar-refractivity contribution in [3.05, 3.63) is 23.8 Å². The molecule has 1 fully saturated rings. The number of allylic oxidation sites excluding steroid dienone is 3. The zero-order chi connectivity index (χ0) is 14.2. The molecule has 0 aromatic heterocycles. The number of fused-ring (bicyclic) bond motifs is 1. The molecule has 0 N–H and O–H groups in total. The Morgan fingerprint density at radius 2 is 2.16 bits per heavy atom. The van der Waals surface area contributed by atoms with Crippen molar-refractivity contribution in [2.45, 2.75) is 39.5 Å². The summed E-state index contributed by atoms with van der Waals surface area (Å²) in [7, 11) is 1.44. The van der Waals surface area contributed by atoms with Crippen LogP contribution < -0.4 is 0 Å². The summed E-state index contributed by atoms with van der Waals surface area (Å²) in [5, 5.41) is 0. The highest BCUT2D eigenvalue weighted by atomic mass is 16.5. The first kappa shape index (κ1) is 14.0. The van der Waals surface area contributed by atoms with Crippen LogP contribution >= 0.6 is 0 Å². The highest BCUT2D eigenvalue weighted by Gasteiger charge is 2.48. The third-order valence-electron chi connectivity index (χ3n) is 4.76. The number of Topliss-reactive ketones (excluding diaryl/α,β-unsaturated/α-hetero) is 1. The van der Waals surface area contributed by atoms with Crippen LogP contribution in [0.1, 0.15) is 39.5 Å². The number of ether oxygens (including phenoxy) is 1. The van der Waals surface area contributed by atoms with E-state index in [-0.39, 0.29) is 23.1 Å². The van der Waals surface area contributed by atoms with E-state index in [9.17, 15) is 9.59 Å². The summed E-state index contributed by atoms with van der Waals surface area (Å²) >= 11 is 0. The molecule has 1 saturated carbocycles. The first-order valence-electron chi connectivity index (χ1n) is 6.83. The van der Waals surface area contributed by atoms with Crippen molar-refractivity contribution in [1.82, 2.24) is 0 Å². The lowest BCUT2D eigenvalue weighted by Gasteiger charge is -2.31. The van der Waals surface area contributed by atoms with Crippen LogP contribution in [0, 0.1) is 17.3 Å². The van der Waals surface area contributed by atoms with E-state index in [0.717, 1.165) is 36.8 Å². The number of esters is 1.